The third-order valence-electron chi connectivity index (χ3n) is 5.29. The lowest BCUT2D eigenvalue weighted by Gasteiger charge is -2.18. The largest absolute Gasteiger partial charge is 0.476 e. The number of rotatable bonds is 5. The summed E-state index contributed by atoms with van der Waals surface area (Å²) >= 11 is 0. The normalized spacial score (nSPS) is 17.3. The van der Waals surface area contributed by atoms with E-state index in [9.17, 15) is 4.39 Å². The second-order valence-electron chi connectivity index (χ2n) is 8.57. The summed E-state index contributed by atoms with van der Waals surface area (Å²) in [4.78, 5) is 14.8. The Morgan fingerprint density at radius 3 is 2.83 bits per heavy atom. The summed E-state index contributed by atoms with van der Waals surface area (Å²) in [5.41, 5.74) is 2.23. The van der Waals surface area contributed by atoms with Crippen LogP contribution in [-0.4, -0.2) is 44.3 Å². The van der Waals surface area contributed by atoms with E-state index in [1.165, 1.54) is 6.33 Å². The van der Waals surface area contributed by atoms with Gasteiger partial charge in [0.1, 0.15) is 6.33 Å². The van der Waals surface area contributed by atoms with Crippen molar-refractivity contribution in [2.75, 3.05) is 24.6 Å². The van der Waals surface area contributed by atoms with Crippen LogP contribution < -0.4 is 9.64 Å². The molecule has 8 heteroatoms. The Kier molecular flexibility index (Phi) is 5.10. The van der Waals surface area contributed by atoms with Crippen LogP contribution in [0.25, 0.3) is 5.65 Å². The Hall–Kier alpha value is -2.77. The Labute approximate surface area is 170 Å². The minimum absolute atomic E-state index is 0.0318. The summed E-state index contributed by atoms with van der Waals surface area (Å²) in [5, 5.41) is 4.52. The molecular weight excluding hydrogens is 371 g/mol. The van der Waals surface area contributed by atoms with Gasteiger partial charge in [0.05, 0.1) is 24.2 Å². The molecule has 1 unspecified atom stereocenters. The Morgan fingerprint density at radius 2 is 2.07 bits per heavy atom. The lowest BCUT2D eigenvalue weighted by atomic mass is 9.93. The summed E-state index contributed by atoms with van der Waals surface area (Å²) in [6, 6.07) is 3.76. The van der Waals surface area contributed by atoms with Crippen molar-refractivity contribution in [3.63, 3.8) is 0 Å². The van der Waals surface area contributed by atoms with Gasteiger partial charge in [0, 0.05) is 30.5 Å². The van der Waals surface area contributed by atoms with Crippen molar-refractivity contribution < 1.29 is 9.13 Å². The van der Waals surface area contributed by atoms with Crippen LogP contribution in [0.3, 0.4) is 0 Å². The molecule has 1 aliphatic rings. The summed E-state index contributed by atoms with van der Waals surface area (Å²) in [7, 11) is 0. The third-order valence-corrected chi connectivity index (χ3v) is 5.29. The Morgan fingerprint density at radius 1 is 1.24 bits per heavy atom. The van der Waals surface area contributed by atoms with E-state index >= 15 is 0 Å². The molecule has 0 amide bonds. The quantitative estimate of drug-likeness (QED) is 0.656. The fourth-order valence-corrected chi connectivity index (χ4v) is 3.53. The van der Waals surface area contributed by atoms with Crippen molar-refractivity contribution in [3.8, 4) is 5.88 Å². The zero-order valence-corrected chi connectivity index (χ0v) is 17.4. The van der Waals surface area contributed by atoms with Crippen LogP contribution in [0.1, 0.15) is 45.5 Å². The molecule has 4 heterocycles. The predicted molar refractivity (Wildman–Crippen MR) is 109 cm³/mol. The van der Waals surface area contributed by atoms with Gasteiger partial charge in [-0.3, -0.25) is 0 Å². The Balaban J connectivity index is 1.40. The minimum Gasteiger partial charge on any atom is -0.476 e. The van der Waals surface area contributed by atoms with Gasteiger partial charge < -0.3 is 9.64 Å². The number of halogens is 1. The summed E-state index contributed by atoms with van der Waals surface area (Å²) in [6.45, 7) is 10.3. The number of fused-ring (bicyclic) bond motifs is 1. The molecular formula is C21H27FN6O. The van der Waals surface area contributed by atoms with E-state index in [-0.39, 0.29) is 11.2 Å². The molecule has 0 spiro atoms. The average Bonchev–Trinajstić information content (AvgIpc) is 3.33. The maximum Gasteiger partial charge on any atom is 0.231 e. The van der Waals surface area contributed by atoms with Gasteiger partial charge in [-0.15, -0.1) is 5.10 Å². The van der Waals surface area contributed by atoms with Crippen LogP contribution in [-0.2, 0) is 11.8 Å². The average molecular weight is 398 g/mol. The molecule has 4 rings (SSSR count). The molecule has 1 fully saturated rings. The number of hydrogen-bond donors (Lipinski definition) is 0. The molecule has 0 aromatic carbocycles. The smallest absolute Gasteiger partial charge is 0.231 e. The number of ether oxygens (including phenoxy) is 1. The summed E-state index contributed by atoms with van der Waals surface area (Å²) in [5.74, 6) is 0.945. The molecule has 154 valence electrons. The molecule has 29 heavy (non-hydrogen) atoms. The highest BCUT2D eigenvalue weighted by Crippen LogP contribution is 2.26. The molecule has 1 atom stereocenters. The molecule has 3 aromatic heterocycles. The van der Waals surface area contributed by atoms with Crippen molar-refractivity contribution in [2.45, 2.75) is 46.0 Å². The van der Waals surface area contributed by atoms with Crippen LogP contribution >= 0.6 is 0 Å². The highest BCUT2D eigenvalue weighted by atomic mass is 19.1. The van der Waals surface area contributed by atoms with E-state index in [1.807, 2.05) is 30.2 Å². The predicted octanol–water partition coefficient (Wildman–Crippen LogP) is 3.42. The van der Waals surface area contributed by atoms with Gasteiger partial charge >= 0.3 is 0 Å². The lowest BCUT2D eigenvalue weighted by Crippen LogP contribution is -2.24. The highest BCUT2D eigenvalue weighted by Gasteiger charge is 2.27. The lowest BCUT2D eigenvalue weighted by molar-refractivity contribution is 0.248. The van der Waals surface area contributed by atoms with Gasteiger partial charge in [-0.2, -0.15) is 0 Å². The standard InChI is InChI=1S/C21H27FN6O/c1-5-15-19(22)20(24-13-23-15)27-9-8-14(10-27)12-29-18-7-6-17-25-16(21(2,3)4)11-28(17)26-18/h6-7,11,13-14H,5,8-10,12H2,1-4H3. The monoisotopic (exact) mass is 398 g/mol. The van der Waals surface area contributed by atoms with E-state index < -0.39 is 0 Å². The van der Waals surface area contributed by atoms with Crippen LogP contribution in [0, 0.1) is 11.7 Å². The third kappa shape index (κ3) is 4.02. The summed E-state index contributed by atoms with van der Waals surface area (Å²) in [6.07, 6.45) is 4.87. The SMILES string of the molecule is CCc1ncnc(N2CCC(COc3ccc4nc(C(C)(C)C)cn4n3)C2)c1F. The number of nitrogens with zero attached hydrogens (tertiary/aromatic N) is 6. The number of aromatic nitrogens is 5. The van der Waals surface area contributed by atoms with Crippen molar-refractivity contribution in [3.05, 3.63) is 41.9 Å². The first-order valence-electron chi connectivity index (χ1n) is 10.1. The topological polar surface area (TPSA) is 68.4 Å². The first kappa shape index (κ1) is 19.5. The van der Waals surface area contributed by atoms with Crippen LogP contribution in [0.4, 0.5) is 10.2 Å². The second-order valence-corrected chi connectivity index (χ2v) is 8.57. The molecule has 0 N–H and O–H groups in total. The number of anilines is 1. The number of aryl methyl sites for hydroxylation is 1. The molecule has 1 aliphatic heterocycles. The van der Waals surface area contributed by atoms with E-state index in [4.69, 9.17) is 4.74 Å². The maximum absolute atomic E-state index is 14.5. The number of hydrogen-bond acceptors (Lipinski definition) is 6. The first-order valence-corrected chi connectivity index (χ1v) is 10.1. The van der Waals surface area contributed by atoms with Gasteiger partial charge in [0.15, 0.2) is 17.3 Å². The van der Waals surface area contributed by atoms with Crippen LogP contribution in [0.2, 0.25) is 0 Å². The van der Waals surface area contributed by atoms with E-state index in [0.717, 1.165) is 24.3 Å². The Bertz CT molecular complexity index is 1010. The van der Waals surface area contributed by atoms with Crippen molar-refractivity contribution in [1.82, 2.24) is 24.6 Å². The molecule has 0 bridgehead atoms. The molecule has 0 aliphatic carbocycles. The maximum atomic E-state index is 14.5. The van der Waals surface area contributed by atoms with Crippen molar-refractivity contribution >= 4 is 11.5 Å². The number of imidazole rings is 1. The van der Waals surface area contributed by atoms with Gasteiger partial charge in [-0.05, 0) is 18.9 Å². The zero-order valence-electron chi connectivity index (χ0n) is 17.4. The van der Waals surface area contributed by atoms with Crippen molar-refractivity contribution in [2.24, 2.45) is 5.92 Å². The zero-order chi connectivity index (χ0) is 20.6. The van der Waals surface area contributed by atoms with E-state index in [1.54, 1.807) is 4.52 Å². The molecule has 0 radical (unpaired) electrons. The van der Waals surface area contributed by atoms with Gasteiger partial charge in [-0.1, -0.05) is 27.7 Å². The van der Waals surface area contributed by atoms with Gasteiger partial charge in [-0.25, -0.2) is 23.9 Å². The van der Waals surface area contributed by atoms with Gasteiger partial charge in [0.2, 0.25) is 5.88 Å². The fourth-order valence-electron chi connectivity index (χ4n) is 3.53. The fraction of sp³-hybridized carbons (Fsp3) is 0.524. The highest BCUT2D eigenvalue weighted by molar-refractivity contribution is 5.42. The second kappa shape index (κ2) is 7.57. The molecule has 0 saturated carbocycles. The van der Waals surface area contributed by atoms with E-state index in [0.29, 0.717) is 42.9 Å². The van der Waals surface area contributed by atoms with Crippen molar-refractivity contribution in [1.29, 1.82) is 0 Å². The van der Waals surface area contributed by atoms with Crippen LogP contribution in [0.15, 0.2) is 24.7 Å². The molecule has 1 saturated heterocycles. The van der Waals surface area contributed by atoms with E-state index in [2.05, 4.69) is 40.8 Å². The first-order chi connectivity index (χ1) is 13.8. The molecule has 7 nitrogen and oxygen atoms in total. The molecule has 3 aromatic rings. The summed E-state index contributed by atoms with van der Waals surface area (Å²) < 4.78 is 22.2. The van der Waals surface area contributed by atoms with Crippen LogP contribution in [0.5, 0.6) is 5.88 Å². The van der Waals surface area contributed by atoms with Gasteiger partial charge in [0.25, 0.3) is 0 Å². The minimum atomic E-state index is -0.307.